The molecule has 1 aromatic carbocycles. The first-order valence-corrected chi connectivity index (χ1v) is 6.71. The van der Waals surface area contributed by atoms with Crippen LogP contribution in [0.1, 0.15) is 23.0 Å². The van der Waals surface area contributed by atoms with Gasteiger partial charge in [0.1, 0.15) is 6.04 Å². The Balaban J connectivity index is 1.91. The molecule has 0 aliphatic carbocycles. The van der Waals surface area contributed by atoms with Crippen molar-refractivity contribution in [3.8, 4) is 0 Å². The fourth-order valence-corrected chi connectivity index (χ4v) is 2.00. The van der Waals surface area contributed by atoms with Crippen LogP contribution in [-0.2, 0) is 11.3 Å². The zero-order valence-electron chi connectivity index (χ0n) is 12.1. The van der Waals surface area contributed by atoms with Gasteiger partial charge < -0.3 is 14.6 Å². The van der Waals surface area contributed by atoms with Gasteiger partial charge in [-0.25, -0.2) is 0 Å². The number of benzene rings is 1. The Bertz CT molecular complexity index is 593. The van der Waals surface area contributed by atoms with Gasteiger partial charge in [-0.15, -0.1) is 0 Å². The Morgan fingerprint density at radius 3 is 2.52 bits per heavy atom. The first-order chi connectivity index (χ1) is 10.1. The maximum Gasteiger partial charge on any atom is 0.287 e. The van der Waals surface area contributed by atoms with Gasteiger partial charge in [0.05, 0.1) is 6.26 Å². The molecule has 1 atom stereocenters. The van der Waals surface area contributed by atoms with E-state index in [2.05, 4.69) is 5.32 Å². The van der Waals surface area contributed by atoms with E-state index in [0.29, 0.717) is 6.54 Å². The lowest BCUT2D eigenvalue weighted by Gasteiger charge is -2.22. The third kappa shape index (κ3) is 3.95. The average molecular weight is 286 g/mol. The lowest BCUT2D eigenvalue weighted by atomic mass is 10.2. The second-order valence-corrected chi connectivity index (χ2v) is 4.85. The van der Waals surface area contributed by atoms with Crippen molar-refractivity contribution < 1.29 is 14.0 Å². The molecule has 2 aromatic rings. The summed E-state index contributed by atoms with van der Waals surface area (Å²) >= 11 is 0. The Morgan fingerprint density at radius 1 is 1.19 bits per heavy atom. The number of nitrogens with zero attached hydrogens (tertiary/aromatic N) is 1. The van der Waals surface area contributed by atoms with E-state index in [-0.39, 0.29) is 11.7 Å². The normalized spacial score (nSPS) is 11.7. The van der Waals surface area contributed by atoms with Gasteiger partial charge in [0.25, 0.3) is 5.91 Å². The molecule has 2 amide bonds. The summed E-state index contributed by atoms with van der Waals surface area (Å²) in [5.41, 5.74) is 1.04. The molecule has 1 aromatic heterocycles. The Hall–Kier alpha value is -2.56. The average Bonchev–Trinajstić information content (AvgIpc) is 3.01. The van der Waals surface area contributed by atoms with Crippen LogP contribution in [0.3, 0.4) is 0 Å². The summed E-state index contributed by atoms with van der Waals surface area (Å²) in [7, 11) is 1.71. The second kappa shape index (κ2) is 6.74. The highest BCUT2D eigenvalue weighted by Crippen LogP contribution is 2.05. The molecule has 0 fully saturated rings. The van der Waals surface area contributed by atoms with Crippen LogP contribution in [0, 0.1) is 0 Å². The van der Waals surface area contributed by atoms with Crippen LogP contribution in [0.15, 0.2) is 53.1 Å². The maximum absolute atomic E-state index is 12.2. The molecule has 5 heteroatoms. The minimum absolute atomic E-state index is 0.154. The predicted molar refractivity (Wildman–Crippen MR) is 78.6 cm³/mol. The van der Waals surface area contributed by atoms with Crippen molar-refractivity contribution in [3.05, 3.63) is 60.1 Å². The highest BCUT2D eigenvalue weighted by atomic mass is 16.3. The first kappa shape index (κ1) is 14.8. The Morgan fingerprint density at radius 2 is 1.90 bits per heavy atom. The van der Waals surface area contributed by atoms with E-state index < -0.39 is 11.9 Å². The van der Waals surface area contributed by atoms with E-state index in [1.165, 1.54) is 6.26 Å². The van der Waals surface area contributed by atoms with Crippen LogP contribution in [0.25, 0.3) is 0 Å². The number of furan rings is 1. The van der Waals surface area contributed by atoms with E-state index in [4.69, 9.17) is 4.42 Å². The summed E-state index contributed by atoms with van der Waals surface area (Å²) in [6.45, 7) is 2.16. The third-order valence-electron chi connectivity index (χ3n) is 3.10. The largest absolute Gasteiger partial charge is 0.459 e. The molecule has 1 unspecified atom stereocenters. The molecule has 2 rings (SSSR count). The molecular weight excluding hydrogens is 268 g/mol. The van der Waals surface area contributed by atoms with Crippen LogP contribution >= 0.6 is 0 Å². The van der Waals surface area contributed by atoms with Gasteiger partial charge in [-0.3, -0.25) is 9.59 Å². The second-order valence-electron chi connectivity index (χ2n) is 4.85. The molecule has 0 spiro atoms. The zero-order chi connectivity index (χ0) is 15.2. The molecule has 0 aliphatic rings. The van der Waals surface area contributed by atoms with Crippen molar-refractivity contribution in [3.63, 3.8) is 0 Å². The highest BCUT2D eigenvalue weighted by molar-refractivity contribution is 5.95. The van der Waals surface area contributed by atoms with E-state index in [9.17, 15) is 9.59 Å². The van der Waals surface area contributed by atoms with Crippen molar-refractivity contribution in [1.29, 1.82) is 0 Å². The lowest BCUT2D eigenvalue weighted by molar-refractivity contribution is -0.132. The van der Waals surface area contributed by atoms with Crippen LogP contribution in [-0.4, -0.2) is 29.8 Å². The van der Waals surface area contributed by atoms with Gasteiger partial charge >= 0.3 is 0 Å². The number of nitrogens with one attached hydrogen (secondary N) is 1. The molecule has 0 saturated heterocycles. The summed E-state index contributed by atoms with van der Waals surface area (Å²) in [5.74, 6) is -0.354. The monoisotopic (exact) mass is 286 g/mol. The summed E-state index contributed by atoms with van der Waals surface area (Å²) in [5, 5.41) is 2.62. The number of likely N-dealkylation sites (N-methyl/N-ethyl adjacent to an activating group) is 1. The maximum atomic E-state index is 12.2. The van der Waals surface area contributed by atoms with Crippen molar-refractivity contribution in [2.75, 3.05) is 7.05 Å². The molecule has 0 aliphatic heterocycles. The van der Waals surface area contributed by atoms with Gasteiger partial charge in [0, 0.05) is 13.6 Å². The fourth-order valence-electron chi connectivity index (χ4n) is 2.00. The van der Waals surface area contributed by atoms with Crippen LogP contribution < -0.4 is 5.32 Å². The minimum Gasteiger partial charge on any atom is -0.459 e. The van der Waals surface area contributed by atoms with Crippen molar-refractivity contribution in [1.82, 2.24) is 10.2 Å². The Kier molecular flexibility index (Phi) is 4.77. The molecule has 0 radical (unpaired) electrons. The summed E-state index contributed by atoms with van der Waals surface area (Å²) in [6.07, 6.45) is 1.42. The predicted octanol–water partition coefficient (Wildman–Crippen LogP) is 2.06. The number of rotatable bonds is 5. The molecule has 1 heterocycles. The quantitative estimate of drug-likeness (QED) is 0.915. The van der Waals surface area contributed by atoms with E-state index >= 15 is 0 Å². The zero-order valence-corrected chi connectivity index (χ0v) is 12.1. The topological polar surface area (TPSA) is 62.6 Å². The van der Waals surface area contributed by atoms with Gasteiger partial charge in [0.2, 0.25) is 5.91 Å². The number of carbonyl (C=O) groups excluding carboxylic acids is 2. The fraction of sp³-hybridized carbons (Fsp3) is 0.250. The SMILES string of the molecule is CC(NC(=O)c1ccco1)C(=O)N(C)Cc1ccccc1. The van der Waals surface area contributed by atoms with Gasteiger partial charge in [-0.1, -0.05) is 30.3 Å². The van der Waals surface area contributed by atoms with Crippen molar-refractivity contribution >= 4 is 11.8 Å². The Labute approximate surface area is 123 Å². The first-order valence-electron chi connectivity index (χ1n) is 6.71. The minimum atomic E-state index is -0.615. The smallest absolute Gasteiger partial charge is 0.287 e. The molecule has 110 valence electrons. The van der Waals surface area contributed by atoms with E-state index in [1.807, 2.05) is 30.3 Å². The van der Waals surface area contributed by atoms with Crippen molar-refractivity contribution in [2.45, 2.75) is 19.5 Å². The molecule has 0 bridgehead atoms. The molecule has 21 heavy (non-hydrogen) atoms. The third-order valence-corrected chi connectivity index (χ3v) is 3.10. The van der Waals surface area contributed by atoms with Gasteiger partial charge in [-0.05, 0) is 24.6 Å². The molecular formula is C16H18N2O3. The molecule has 1 N–H and O–H groups in total. The molecule has 5 nitrogen and oxygen atoms in total. The van der Waals surface area contributed by atoms with Crippen molar-refractivity contribution in [2.24, 2.45) is 0 Å². The standard InChI is InChI=1S/C16H18N2O3/c1-12(17-15(19)14-9-6-10-21-14)16(20)18(2)11-13-7-4-3-5-8-13/h3-10,12H,11H2,1-2H3,(H,17,19). The summed E-state index contributed by atoms with van der Waals surface area (Å²) in [6, 6.07) is 12.3. The number of hydrogen-bond acceptors (Lipinski definition) is 3. The van der Waals surface area contributed by atoms with E-state index in [1.54, 1.807) is 31.0 Å². The molecule has 0 saturated carbocycles. The van der Waals surface area contributed by atoms with Gasteiger partial charge in [-0.2, -0.15) is 0 Å². The highest BCUT2D eigenvalue weighted by Gasteiger charge is 2.21. The number of carbonyl (C=O) groups is 2. The summed E-state index contributed by atoms with van der Waals surface area (Å²) in [4.78, 5) is 25.6. The van der Waals surface area contributed by atoms with Crippen LogP contribution in [0.2, 0.25) is 0 Å². The number of hydrogen-bond donors (Lipinski definition) is 1. The lowest BCUT2D eigenvalue weighted by Crippen LogP contribution is -2.45. The van der Waals surface area contributed by atoms with Gasteiger partial charge in [0.15, 0.2) is 5.76 Å². The number of amides is 2. The van der Waals surface area contributed by atoms with Crippen LogP contribution in [0.5, 0.6) is 0 Å². The van der Waals surface area contributed by atoms with Crippen LogP contribution in [0.4, 0.5) is 0 Å². The van der Waals surface area contributed by atoms with E-state index in [0.717, 1.165) is 5.56 Å². The summed E-state index contributed by atoms with van der Waals surface area (Å²) < 4.78 is 5.00.